The Morgan fingerprint density at radius 1 is 0.935 bits per heavy atom. The third kappa shape index (κ3) is 2.75. The molecule has 5 aliphatic carbocycles. The first kappa shape index (κ1) is 22.4. The van der Waals surface area contributed by atoms with E-state index in [0.717, 1.165) is 37.0 Å². The molecule has 176 valence electrons. The van der Waals surface area contributed by atoms with Crippen LogP contribution in [0.2, 0.25) is 0 Å². The molecular weight excluding hydrogens is 380 g/mol. The summed E-state index contributed by atoms with van der Waals surface area (Å²) in [5.74, 6) is 4.26. The van der Waals surface area contributed by atoms with E-state index in [1.165, 1.54) is 51.4 Å². The fraction of sp³-hybridized carbons (Fsp3) is 0.966. The number of aliphatic hydroxyl groups is 1. The van der Waals surface area contributed by atoms with Gasteiger partial charge in [-0.3, -0.25) is 4.79 Å². The Labute approximate surface area is 191 Å². The fourth-order valence-corrected chi connectivity index (χ4v) is 10.8. The molecule has 2 heteroatoms. The highest BCUT2D eigenvalue weighted by molar-refractivity contribution is 5.80. The van der Waals surface area contributed by atoms with Gasteiger partial charge in [0, 0.05) is 12.3 Å². The van der Waals surface area contributed by atoms with Gasteiger partial charge in [0.15, 0.2) is 0 Å². The lowest BCUT2D eigenvalue weighted by Crippen LogP contribution is -2.56. The summed E-state index contributed by atoms with van der Waals surface area (Å²) in [6.45, 7) is 14.3. The molecule has 5 fully saturated rings. The van der Waals surface area contributed by atoms with Gasteiger partial charge in [-0.1, -0.05) is 41.5 Å². The molecule has 0 aliphatic heterocycles. The van der Waals surface area contributed by atoms with Crippen LogP contribution in [0.15, 0.2) is 0 Å². The van der Waals surface area contributed by atoms with E-state index >= 15 is 0 Å². The average molecular weight is 429 g/mol. The van der Waals surface area contributed by atoms with E-state index in [0.29, 0.717) is 39.3 Å². The van der Waals surface area contributed by atoms with Crippen molar-refractivity contribution >= 4 is 5.78 Å². The molecule has 31 heavy (non-hydrogen) atoms. The summed E-state index contributed by atoms with van der Waals surface area (Å²) in [6.07, 6.45) is 14.0. The van der Waals surface area contributed by atoms with Crippen molar-refractivity contribution in [3.8, 4) is 0 Å². The number of ketones is 1. The van der Waals surface area contributed by atoms with E-state index < -0.39 is 0 Å². The fourth-order valence-electron chi connectivity index (χ4n) is 10.8. The molecule has 0 saturated heterocycles. The van der Waals surface area contributed by atoms with Crippen LogP contribution in [0.3, 0.4) is 0 Å². The van der Waals surface area contributed by atoms with Crippen molar-refractivity contribution in [3.05, 3.63) is 0 Å². The molecular formula is C29H48O2. The largest absolute Gasteiger partial charge is 0.393 e. The Balaban J connectivity index is 1.37. The van der Waals surface area contributed by atoms with Gasteiger partial charge in [-0.15, -0.1) is 0 Å². The Hall–Kier alpha value is -0.370. The Morgan fingerprint density at radius 2 is 1.68 bits per heavy atom. The predicted molar refractivity (Wildman–Crippen MR) is 127 cm³/mol. The molecule has 10 unspecified atom stereocenters. The number of aliphatic hydroxyl groups excluding tert-OH is 1. The van der Waals surface area contributed by atoms with Gasteiger partial charge in [0.25, 0.3) is 0 Å². The smallest absolute Gasteiger partial charge is 0.135 e. The summed E-state index contributed by atoms with van der Waals surface area (Å²) in [5.41, 5.74) is 2.09. The zero-order valence-corrected chi connectivity index (χ0v) is 21.2. The second-order valence-electron chi connectivity index (χ2n) is 13.8. The molecule has 2 nitrogen and oxygen atoms in total. The number of fused-ring (bicyclic) bond motifs is 2. The Bertz CT molecular complexity index is 743. The van der Waals surface area contributed by atoms with Crippen LogP contribution in [0, 0.1) is 57.2 Å². The maximum absolute atomic E-state index is 12.3. The topological polar surface area (TPSA) is 37.3 Å². The van der Waals surface area contributed by atoms with Crippen LogP contribution < -0.4 is 0 Å². The first-order chi connectivity index (χ1) is 14.5. The zero-order chi connectivity index (χ0) is 22.4. The van der Waals surface area contributed by atoms with E-state index in [1.807, 2.05) is 0 Å². The highest BCUT2D eigenvalue weighted by atomic mass is 16.3. The van der Waals surface area contributed by atoms with E-state index in [4.69, 9.17) is 0 Å². The highest BCUT2D eigenvalue weighted by Crippen LogP contribution is 2.88. The van der Waals surface area contributed by atoms with Gasteiger partial charge in [0.1, 0.15) is 5.78 Å². The van der Waals surface area contributed by atoms with E-state index in [1.54, 1.807) is 0 Å². The highest BCUT2D eigenvalue weighted by Gasteiger charge is 2.81. The number of hydrogen-bond acceptors (Lipinski definition) is 2. The molecule has 0 heterocycles. The van der Waals surface area contributed by atoms with Gasteiger partial charge in [0.2, 0.25) is 0 Å². The van der Waals surface area contributed by atoms with Crippen molar-refractivity contribution in [3.63, 3.8) is 0 Å². The van der Waals surface area contributed by atoms with Gasteiger partial charge < -0.3 is 5.11 Å². The predicted octanol–water partition coefficient (Wildman–Crippen LogP) is 7.04. The number of Topliss-reactive ketones (excluding diaryl/α,β-unsaturated/α-hetero) is 1. The van der Waals surface area contributed by atoms with Crippen molar-refractivity contribution in [1.29, 1.82) is 0 Å². The minimum Gasteiger partial charge on any atom is -0.393 e. The monoisotopic (exact) mass is 428 g/mol. The summed E-state index contributed by atoms with van der Waals surface area (Å²) < 4.78 is 0. The number of carbonyl (C=O) groups excluding carboxylic acids is 1. The van der Waals surface area contributed by atoms with Gasteiger partial charge in [-0.05, 0) is 115 Å². The van der Waals surface area contributed by atoms with Crippen LogP contribution in [-0.4, -0.2) is 17.0 Å². The molecule has 0 aromatic rings. The van der Waals surface area contributed by atoms with Crippen LogP contribution in [0.25, 0.3) is 0 Å². The van der Waals surface area contributed by atoms with Gasteiger partial charge in [0.05, 0.1) is 6.10 Å². The molecule has 0 bridgehead atoms. The normalized spacial score (nSPS) is 53.9. The molecule has 2 spiro atoms. The van der Waals surface area contributed by atoms with Gasteiger partial charge >= 0.3 is 0 Å². The summed E-state index contributed by atoms with van der Waals surface area (Å²) in [4.78, 5) is 12.3. The number of hydrogen-bond donors (Lipinski definition) is 1. The lowest BCUT2D eigenvalue weighted by atomic mass is 9.43. The van der Waals surface area contributed by atoms with E-state index in [2.05, 4.69) is 41.5 Å². The van der Waals surface area contributed by atoms with Crippen molar-refractivity contribution in [1.82, 2.24) is 0 Å². The number of carbonyl (C=O) groups is 1. The summed E-state index contributed by atoms with van der Waals surface area (Å²) in [7, 11) is 0. The molecule has 5 saturated carbocycles. The van der Waals surface area contributed by atoms with Crippen molar-refractivity contribution in [2.45, 2.75) is 118 Å². The molecule has 10 atom stereocenters. The summed E-state index contributed by atoms with van der Waals surface area (Å²) in [6, 6.07) is 0. The van der Waals surface area contributed by atoms with E-state index in [9.17, 15) is 9.90 Å². The zero-order valence-electron chi connectivity index (χ0n) is 21.2. The first-order valence-electron chi connectivity index (χ1n) is 13.7. The third-order valence-corrected chi connectivity index (χ3v) is 12.9. The molecule has 5 rings (SSSR count). The maximum Gasteiger partial charge on any atom is 0.135 e. The van der Waals surface area contributed by atoms with Crippen molar-refractivity contribution in [2.24, 2.45) is 57.2 Å². The minimum atomic E-state index is -0.0560. The van der Waals surface area contributed by atoms with Crippen LogP contribution >= 0.6 is 0 Å². The third-order valence-electron chi connectivity index (χ3n) is 12.9. The average Bonchev–Trinajstić information content (AvgIpc) is 3.31. The molecule has 1 N–H and O–H groups in total. The van der Waals surface area contributed by atoms with Crippen LogP contribution in [-0.2, 0) is 4.79 Å². The van der Waals surface area contributed by atoms with E-state index in [-0.39, 0.29) is 12.0 Å². The number of rotatable bonds is 5. The minimum absolute atomic E-state index is 0.0560. The van der Waals surface area contributed by atoms with Crippen LogP contribution in [0.1, 0.15) is 112 Å². The lowest BCUT2D eigenvalue weighted by molar-refractivity contribution is -0.143. The van der Waals surface area contributed by atoms with Crippen molar-refractivity contribution < 1.29 is 9.90 Å². The molecule has 0 amide bonds. The summed E-state index contributed by atoms with van der Waals surface area (Å²) >= 11 is 0. The standard InChI is InChI=1S/C29H48O2/c1-18(2)23(30)9-7-19(3)21-11-13-27(6)25-10-8-22-20(4)24(31)12-14-28(22)17-29(25,28)16-15-26(21,27)5/h18-22,24-25,31H,7-17H2,1-6H3. The van der Waals surface area contributed by atoms with Gasteiger partial charge in [-0.2, -0.15) is 0 Å². The van der Waals surface area contributed by atoms with Gasteiger partial charge in [-0.25, -0.2) is 0 Å². The second kappa shape index (κ2) is 7.07. The Kier molecular flexibility index (Phi) is 5.11. The molecule has 0 aromatic carbocycles. The lowest BCUT2D eigenvalue weighted by Gasteiger charge is -2.62. The maximum atomic E-state index is 12.3. The van der Waals surface area contributed by atoms with Crippen LogP contribution in [0.4, 0.5) is 0 Å². The molecule has 0 aromatic heterocycles. The van der Waals surface area contributed by atoms with Crippen LogP contribution in [0.5, 0.6) is 0 Å². The molecule has 0 radical (unpaired) electrons. The Morgan fingerprint density at radius 3 is 2.39 bits per heavy atom. The second-order valence-corrected chi connectivity index (χ2v) is 13.8. The first-order valence-corrected chi connectivity index (χ1v) is 13.7. The SMILES string of the molecule is CC(C)C(=O)CCC(C)C1CCC2(C)C3CCC4C(C)C(O)CCC45CC35CCC12C. The molecule has 5 aliphatic rings. The summed E-state index contributed by atoms with van der Waals surface area (Å²) in [5, 5.41) is 10.6. The van der Waals surface area contributed by atoms with Crippen molar-refractivity contribution in [2.75, 3.05) is 0 Å². The quantitative estimate of drug-likeness (QED) is 0.510.